The van der Waals surface area contributed by atoms with E-state index in [-0.39, 0.29) is 0 Å². The Balaban J connectivity index is 1.73. The normalized spacial score (nSPS) is 13.8. The first kappa shape index (κ1) is 13.8. The van der Waals surface area contributed by atoms with E-state index in [1.807, 2.05) is 18.2 Å². The van der Waals surface area contributed by atoms with Crippen molar-refractivity contribution in [1.29, 1.82) is 0 Å². The van der Waals surface area contributed by atoms with Crippen LogP contribution in [0.4, 0.5) is 5.69 Å². The quantitative estimate of drug-likeness (QED) is 0.862. The average molecular weight is 283 g/mol. The highest BCUT2D eigenvalue weighted by atomic mass is 16.5. The molecule has 1 fully saturated rings. The van der Waals surface area contributed by atoms with Crippen LogP contribution in [0.1, 0.15) is 29.9 Å². The Morgan fingerprint density at radius 3 is 2.62 bits per heavy atom. The summed E-state index contributed by atoms with van der Waals surface area (Å²) in [5, 5.41) is 3.44. The third-order valence-corrected chi connectivity index (χ3v) is 3.89. The van der Waals surface area contributed by atoms with E-state index in [4.69, 9.17) is 9.47 Å². The second-order valence-electron chi connectivity index (χ2n) is 5.44. The molecule has 0 amide bonds. The molecular weight excluding hydrogens is 262 g/mol. The van der Waals surface area contributed by atoms with Crippen molar-refractivity contribution in [3.8, 4) is 11.5 Å². The first-order valence-corrected chi connectivity index (χ1v) is 7.35. The van der Waals surface area contributed by atoms with E-state index in [2.05, 4.69) is 29.6 Å². The summed E-state index contributed by atoms with van der Waals surface area (Å²) < 4.78 is 10.7. The monoisotopic (exact) mass is 283 g/mol. The Bertz CT molecular complexity index is 620. The lowest BCUT2D eigenvalue weighted by molar-refractivity contribution is 0.404. The summed E-state index contributed by atoms with van der Waals surface area (Å²) in [6.07, 6.45) is 2.67. The van der Waals surface area contributed by atoms with Gasteiger partial charge in [-0.15, -0.1) is 0 Å². The van der Waals surface area contributed by atoms with Crippen molar-refractivity contribution in [2.75, 3.05) is 19.5 Å². The molecule has 0 unspecified atom stereocenters. The Kier molecular flexibility index (Phi) is 4.00. The van der Waals surface area contributed by atoms with Gasteiger partial charge < -0.3 is 14.8 Å². The molecule has 0 spiro atoms. The minimum Gasteiger partial charge on any atom is -0.497 e. The van der Waals surface area contributed by atoms with E-state index in [0.717, 1.165) is 29.6 Å². The number of nitrogens with one attached hydrogen (secondary N) is 1. The number of ether oxygens (including phenoxy) is 2. The number of methoxy groups -OCH3 is 2. The molecule has 1 saturated carbocycles. The Morgan fingerprint density at radius 1 is 1.05 bits per heavy atom. The predicted octanol–water partition coefficient (Wildman–Crippen LogP) is 4.19. The van der Waals surface area contributed by atoms with E-state index in [0.29, 0.717) is 0 Å². The molecule has 0 heterocycles. The zero-order valence-corrected chi connectivity index (χ0v) is 12.6. The molecule has 0 saturated heterocycles. The molecule has 2 aromatic carbocycles. The van der Waals surface area contributed by atoms with Crippen LogP contribution in [0.2, 0.25) is 0 Å². The largest absolute Gasteiger partial charge is 0.497 e. The van der Waals surface area contributed by atoms with E-state index in [1.54, 1.807) is 14.2 Å². The highest BCUT2D eigenvalue weighted by Gasteiger charge is 2.23. The maximum absolute atomic E-state index is 5.39. The number of anilines is 1. The van der Waals surface area contributed by atoms with Crippen LogP contribution in [0, 0.1) is 0 Å². The maximum atomic E-state index is 5.39. The zero-order chi connectivity index (χ0) is 14.7. The highest BCUT2D eigenvalue weighted by molar-refractivity contribution is 5.60. The molecule has 1 N–H and O–H groups in total. The molecule has 0 aromatic heterocycles. The molecule has 3 nitrogen and oxygen atoms in total. The van der Waals surface area contributed by atoms with Gasteiger partial charge in [-0.25, -0.2) is 0 Å². The number of benzene rings is 2. The molecule has 2 aromatic rings. The van der Waals surface area contributed by atoms with Crippen molar-refractivity contribution >= 4 is 5.69 Å². The van der Waals surface area contributed by atoms with Crippen LogP contribution in [0.5, 0.6) is 11.5 Å². The van der Waals surface area contributed by atoms with Gasteiger partial charge in [0.15, 0.2) is 0 Å². The molecule has 0 radical (unpaired) electrons. The van der Waals surface area contributed by atoms with Crippen molar-refractivity contribution in [1.82, 2.24) is 0 Å². The minimum absolute atomic E-state index is 0.782. The molecule has 1 aliphatic rings. The van der Waals surface area contributed by atoms with Crippen molar-refractivity contribution in [3.63, 3.8) is 0 Å². The van der Waals surface area contributed by atoms with E-state index in [9.17, 15) is 0 Å². The summed E-state index contributed by atoms with van der Waals surface area (Å²) in [7, 11) is 3.35. The number of hydrogen-bond donors (Lipinski definition) is 1. The van der Waals surface area contributed by atoms with Gasteiger partial charge in [0, 0.05) is 12.6 Å². The van der Waals surface area contributed by atoms with E-state index in [1.165, 1.54) is 24.0 Å². The molecule has 0 atom stereocenters. The molecule has 1 aliphatic carbocycles. The standard InChI is InChI=1S/C18H21NO2/c1-20-16-8-9-18(21-2)17(11-16)19-12-13-4-3-5-15(10-13)14-6-7-14/h3-5,8-11,14,19H,6-7,12H2,1-2H3. The zero-order valence-electron chi connectivity index (χ0n) is 12.6. The molecular formula is C18H21NO2. The average Bonchev–Trinajstić information content (AvgIpc) is 3.38. The predicted molar refractivity (Wildman–Crippen MR) is 85.3 cm³/mol. The minimum atomic E-state index is 0.782. The number of hydrogen-bond acceptors (Lipinski definition) is 3. The van der Waals surface area contributed by atoms with Crippen molar-refractivity contribution in [3.05, 3.63) is 53.6 Å². The molecule has 0 bridgehead atoms. The van der Waals surface area contributed by atoms with Crippen LogP contribution in [-0.4, -0.2) is 14.2 Å². The Hall–Kier alpha value is -2.16. The van der Waals surface area contributed by atoms with Gasteiger partial charge in [-0.3, -0.25) is 0 Å². The summed E-state index contributed by atoms with van der Waals surface area (Å²) in [6.45, 7) is 0.782. The van der Waals surface area contributed by atoms with Gasteiger partial charge in [0.1, 0.15) is 11.5 Å². The van der Waals surface area contributed by atoms with Gasteiger partial charge in [0.25, 0.3) is 0 Å². The maximum Gasteiger partial charge on any atom is 0.142 e. The molecule has 3 heteroatoms. The van der Waals surface area contributed by atoms with Gasteiger partial charge in [0.2, 0.25) is 0 Å². The smallest absolute Gasteiger partial charge is 0.142 e. The number of rotatable bonds is 6. The van der Waals surface area contributed by atoms with Gasteiger partial charge >= 0.3 is 0 Å². The Labute approximate surface area is 125 Å². The van der Waals surface area contributed by atoms with Crippen molar-refractivity contribution in [2.45, 2.75) is 25.3 Å². The van der Waals surface area contributed by atoms with Crippen molar-refractivity contribution in [2.24, 2.45) is 0 Å². The lowest BCUT2D eigenvalue weighted by Crippen LogP contribution is -2.02. The SMILES string of the molecule is COc1ccc(OC)c(NCc2cccc(C3CC3)c2)c1. The highest BCUT2D eigenvalue weighted by Crippen LogP contribution is 2.40. The van der Waals surface area contributed by atoms with Crippen molar-refractivity contribution < 1.29 is 9.47 Å². The molecule has 110 valence electrons. The van der Waals surface area contributed by atoms with Gasteiger partial charge in [0.05, 0.1) is 19.9 Å². The molecule has 21 heavy (non-hydrogen) atoms. The Morgan fingerprint density at radius 2 is 1.90 bits per heavy atom. The second-order valence-corrected chi connectivity index (χ2v) is 5.44. The van der Waals surface area contributed by atoms with Crippen LogP contribution in [0.3, 0.4) is 0 Å². The molecule has 3 rings (SSSR count). The topological polar surface area (TPSA) is 30.5 Å². The van der Waals surface area contributed by atoms with Gasteiger partial charge in [-0.05, 0) is 42.0 Å². The summed E-state index contributed by atoms with van der Waals surface area (Å²) in [4.78, 5) is 0. The fourth-order valence-electron chi connectivity index (χ4n) is 2.52. The fourth-order valence-corrected chi connectivity index (χ4v) is 2.52. The van der Waals surface area contributed by atoms with Crippen LogP contribution in [0.25, 0.3) is 0 Å². The van der Waals surface area contributed by atoms with Crippen LogP contribution in [-0.2, 0) is 6.54 Å². The van der Waals surface area contributed by atoms with Gasteiger partial charge in [-0.1, -0.05) is 24.3 Å². The third kappa shape index (κ3) is 3.30. The lowest BCUT2D eigenvalue weighted by Gasteiger charge is -2.13. The van der Waals surface area contributed by atoms with Crippen LogP contribution in [0.15, 0.2) is 42.5 Å². The van der Waals surface area contributed by atoms with E-state index >= 15 is 0 Å². The van der Waals surface area contributed by atoms with Gasteiger partial charge in [-0.2, -0.15) is 0 Å². The molecule has 0 aliphatic heterocycles. The van der Waals surface area contributed by atoms with Crippen LogP contribution < -0.4 is 14.8 Å². The third-order valence-electron chi connectivity index (χ3n) is 3.89. The first-order valence-electron chi connectivity index (χ1n) is 7.35. The van der Waals surface area contributed by atoms with Crippen LogP contribution >= 0.6 is 0 Å². The fraction of sp³-hybridized carbons (Fsp3) is 0.333. The van der Waals surface area contributed by atoms with E-state index < -0.39 is 0 Å². The summed E-state index contributed by atoms with van der Waals surface area (Å²) in [5.41, 5.74) is 3.71. The first-order chi connectivity index (χ1) is 10.3. The second kappa shape index (κ2) is 6.08. The summed E-state index contributed by atoms with van der Waals surface area (Å²) in [5.74, 6) is 2.44. The summed E-state index contributed by atoms with van der Waals surface area (Å²) in [6, 6.07) is 14.6. The summed E-state index contributed by atoms with van der Waals surface area (Å²) >= 11 is 0. The lowest BCUT2D eigenvalue weighted by atomic mass is 10.1.